The van der Waals surface area contributed by atoms with Crippen LogP contribution < -0.4 is 5.73 Å². The number of hydrogen-bond acceptors (Lipinski definition) is 3. The van der Waals surface area contributed by atoms with Crippen LogP contribution in [0.1, 0.15) is 29.2 Å². The van der Waals surface area contributed by atoms with Crippen molar-refractivity contribution in [1.29, 1.82) is 0 Å². The van der Waals surface area contributed by atoms with Crippen LogP contribution in [0, 0.1) is 5.82 Å². The number of amides is 1. The molecule has 2 N–H and O–H groups in total. The summed E-state index contributed by atoms with van der Waals surface area (Å²) in [6.45, 7) is 6.09. The number of primary amides is 1. The van der Waals surface area contributed by atoms with Crippen LogP contribution in [0.2, 0.25) is 0 Å². The largest absolute Gasteiger partial charge is 0.463 e. The Kier molecular flexibility index (Phi) is 6.83. The summed E-state index contributed by atoms with van der Waals surface area (Å²) in [5, 5.41) is 0. The van der Waals surface area contributed by atoms with Gasteiger partial charge in [-0.1, -0.05) is 18.7 Å². The van der Waals surface area contributed by atoms with E-state index in [9.17, 15) is 14.0 Å². The van der Waals surface area contributed by atoms with Gasteiger partial charge in [-0.3, -0.25) is 4.79 Å². The SMILES string of the molecule is C=C(c1ccc(F)cc1)c1cc(C=CC(N)=O)cc(C=CC(=O)OCC)c1. The Labute approximate surface area is 157 Å². The van der Waals surface area contributed by atoms with E-state index in [-0.39, 0.29) is 12.4 Å². The van der Waals surface area contributed by atoms with E-state index >= 15 is 0 Å². The fourth-order valence-corrected chi connectivity index (χ4v) is 2.39. The van der Waals surface area contributed by atoms with Crippen LogP contribution in [0.5, 0.6) is 0 Å². The van der Waals surface area contributed by atoms with E-state index in [0.29, 0.717) is 16.7 Å². The average Bonchev–Trinajstić information content (AvgIpc) is 2.65. The molecule has 0 saturated heterocycles. The Hall–Kier alpha value is -3.47. The van der Waals surface area contributed by atoms with Gasteiger partial charge in [-0.05, 0) is 77.2 Å². The summed E-state index contributed by atoms with van der Waals surface area (Å²) in [4.78, 5) is 22.6. The van der Waals surface area contributed by atoms with Crippen molar-refractivity contribution in [2.75, 3.05) is 6.61 Å². The van der Waals surface area contributed by atoms with Gasteiger partial charge >= 0.3 is 5.97 Å². The number of nitrogens with two attached hydrogens (primary N) is 1. The smallest absolute Gasteiger partial charge is 0.330 e. The molecule has 0 atom stereocenters. The summed E-state index contributed by atoms with van der Waals surface area (Å²) in [7, 11) is 0. The normalized spacial score (nSPS) is 11.0. The molecule has 2 rings (SSSR count). The molecule has 0 aliphatic carbocycles. The first-order valence-electron chi connectivity index (χ1n) is 8.31. The summed E-state index contributed by atoms with van der Waals surface area (Å²) in [5.41, 5.74) is 8.78. The van der Waals surface area contributed by atoms with Crippen molar-refractivity contribution in [1.82, 2.24) is 0 Å². The highest BCUT2D eigenvalue weighted by atomic mass is 19.1. The maximum Gasteiger partial charge on any atom is 0.330 e. The van der Waals surface area contributed by atoms with Crippen molar-refractivity contribution >= 4 is 29.6 Å². The maximum absolute atomic E-state index is 13.2. The van der Waals surface area contributed by atoms with E-state index in [0.717, 1.165) is 11.1 Å². The predicted octanol–water partition coefficient (Wildman–Crippen LogP) is 3.96. The Morgan fingerprint density at radius 1 is 1.04 bits per heavy atom. The van der Waals surface area contributed by atoms with E-state index in [1.54, 1.807) is 37.3 Å². The van der Waals surface area contributed by atoms with E-state index in [2.05, 4.69) is 6.58 Å². The lowest BCUT2D eigenvalue weighted by atomic mass is 9.95. The summed E-state index contributed by atoms with van der Waals surface area (Å²) in [5.74, 6) is -1.35. The molecule has 0 aromatic heterocycles. The highest BCUT2D eigenvalue weighted by Crippen LogP contribution is 2.25. The van der Waals surface area contributed by atoms with Crippen molar-refractivity contribution in [3.8, 4) is 0 Å². The molecule has 27 heavy (non-hydrogen) atoms. The minimum absolute atomic E-state index is 0.289. The Bertz CT molecular complexity index is 912. The molecule has 2 aromatic carbocycles. The van der Waals surface area contributed by atoms with Gasteiger partial charge in [0, 0.05) is 12.2 Å². The molecule has 138 valence electrons. The molecule has 0 unspecified atom stereocenters. The molecule has 4 nitrogen and oxygen atoms in total. The summed E-state index contributed by atoms with van der Waals surface area (Å²) in [6.07, 6.45) is 5.76. The third-order valence-electron chi connectivity index (χ3n) is 3.66. The highest BCUT2D eigenvalue weighted by molar-refractivity contribution is 5.91. The molecule has 5 heteroatoms. The molecule has 0 heterocycles. The van der Waals surface area contributed by atoms with Crippen LogP contribution in [0.3, 0.4) is 0 Å². The first kappa shape index (κ1) is 19.8. The molecule has 0 fully saturated rings. The summed E-state index contributed by atoms with van der Waals surface area (Å²) in [6, 6.07) is 11.4. The van der Waals surface area contributed by atoms with Gasteiger partial charge in [0.25, 0.3) is 0 Å². The van der Waals surface area contributed by atoms with Gasteiger partial charge in [0.2, 0.25) is 5.91 Å². The number of hydrogen-bond donors (Lipinski definition) is 1. The van der Waals surface area contributed by atoms with E-state index in [1.807, 2.05) is 12.1 Å². The van der Waals surface area contributed by atoms with Gasteiger partial charge in [-0.15, -0.1) is 0 Å². The molecule has 0 bridgehead atoms. The van der Waals surface area contributed by atoms with Gasteiger partial charge in [-0.2, -0.15) is 0 Å². The van der Waals surface area contributed by atoms with E-state index in [4.69, 9.17) is 10.5 Å². The first-order chi connectivity index (χ1) is 12.9. The lowest BCUT2D eigenvalue weighted by molar-refractivity contribution is -0.137. The molecular weight excluding hydrogens is 345 g/mol. The van der Waals surface area contributed by atoms with Crippen LogP contribution in [0.4, 0.5) is 4.39 Å². The molecule has 0 saturated carbocycles. The number of esters is 1. The molecule has 1 amide bonds. The minimum Gasteiger partial charge on any atom is -0.463 e. The number of ether oxygens (including phenoxy) is 1. The Morgan fingerprint density at radius 2 is 1.63 bits per heavy atom. The fourth-order valence-electron chi connectivity index (χ4n) is 2.39. The summed E-state index contributed by atoms with van der Waals surface area (Å²) >= 11 is 0. The monoisotopic (exact) mass is 365 g/mol. The van der Waals surface area contributed by atoms with Crippen LogP contribution in [-0.4, -0.2) is 18.5 Å². The van der Waals surface area contributed by atoms with Gasteiger partial charge in [0.15, 0.2) is 0 Å². The topological polar surface area (TPSA) is 69.4 Å². The number of rotatable bonds is 7. The third kappa shape index (κ3) is 6.08. The molecular formula is C22H20FNO3. The van der Waals surface area contributed by atoms with Crippen LogP contribution in [-0.2, 0) is 14.3 Å². The lowest BCUT2D eigenvalue weighted by Crippen LogP contribution is -2.05. The number of carbonyl (C=O) groups is 2. The van der Waals surface area contributed by atoms with Gasteiger partial charge in [0.1, 0.15) is 5.82 Å². The zero-order valence-electron chi connectivity index (χ0n) is 14.9. The zero-order valence-corrected chi connectivity index (χ0v) is 14.9. The standard InChI is InChI=1S/C22H20FNO3/c1-3-27-22(26)11-5-17-12-16(4-10-21(24)25)13-19(14-17)15(2)18-6-8-20(23)9-7-18/h4-14H,2-3H2,1H3,(H2,24,25). The summed E-state index contributed by atoms with van der Waals surface area (Å²) < 4.78 is 18.0. The van der Waals surface area contributed by atoms with Gasteiger partial charge in [0.05, 0.1) is 6.61 Å². The Balaban J connectivity index is 2.42. The second-order valence-electron chi connectivity index (χ2n) is 5.69. The van der Waals surface area contributed by atoms with Gasteiger partial charge in [-0.25, -0.2) is 9.18 Å². The molecule has 0 aliphatic heterocycles. The second-order valence-corrected chi connectivity index (χ2v) is 5.69. The molecule has 0 spiro atoms. The van der Waals surface area contributed by atoms with Crippen LogP contribution in [0.15, 0.2) is 61.2 Å². The van der Waals surface area contributed by atoms with Crippen molar-refractivity contribution in [3.63, 3.8) is 0 Å². The quantitative estimate of drug-likeness (QED) is 0.596. The first-order valence-corrected chi connectivity index (χ1v) is 8.31. The van der Waals surface area contributed by atoms with E-state index in [1.165, 1.54) is 24.3 Å². The minimum atomic E-state index is -0.568. The van der Waals surface area contributed by atoms with Gasteiger partial charge < -0.3 is 10.5 Å². The molecule has 2 aromatic rings. The maximum atomic E-state index is 13.2. The van der Waals surface area contributed by atoms with Crippen molar-refractivity contribution < 1.29 is 18.7 Å². The van der Waals surface area contributed by atoms with Crippen LogP contribution >= 0.6 is 0 Å². The second kappa shape index (κ2) is 9.29. The average molecular weight is 365 g/mol. The van der Waals surface area contributed by atoms with Crippen LogP contribution in [0.25, 0.3) is 17.7 Å². The highest BCUT2D eigenvalue weighted by Gasteiger charge is 2.06. The Morgan fingerprint density at radius 3 is 2.19 bits per heavy atom. The third-order valence-corrected chi connectivity index (χ3v) is 3.66. The number of benzene rings is 2. The molecule has 0 radical (unpaired) electrons. The van der Waals surface area contributed by atoms with E-state index < -0.39 is 11.9 Å². The number of carbonyl (C=O) groups excluding carboxylic acids is 2. The zero-order chi connectivity index (χ0) is 19.8. The fraction of sp³-hybridized carbons (Fsp3) is 0.0909. The number of halogens is 1. The van der Waals surface area contributed by atoms with Crippen molar-refractivity contribution in [2.45, 2.75) is 6.92 Å². The predicted molar refractivity (Wildman–Crippen MR) is 105 cm³/mol. The lowest BCUT2D eigenvalue weighted by Gasteiger charge is -2.09. The van der Waals surface area contributed by atoms with Crippen molar-refractivity contribution in [3.05, 3.63) is 89.3 Å². The van der Waals surface area contributed by atoms with Crippen molar-refractivity contribution in [2.24, 2.45) is 5.73 Å². The molecule has 0 aliphatic rings.